The minimum absolute atomic E-state index is 0. The lowest BCUT2D eigenvalue weighted by molar-refractivity contribution is -0.123. The van der Waals surface area contributed by atoms with Crippen LogP contribution in [-0.2, 0) is 4.79 Å². The minimum Gasteiger partial charge on any atom is -0.395 e. The van der Waals surface area contributed by atoms with E-state index in [1.807, 2.05) is 27.5 Å². The van der Waals surface area contributed by atoms with Crippen LogP contribution in [-0.4, -0.2) is 72.6 Å². The van der Waals surface area contributed by atoms with Gasteiger partial charge in [0.2, 0.25) is 5.91 Å². The molecule has 12 heteroatoms. The summed E-state index contributed by atoms with van der Waals surface area (Å²) in [4.78, 5) is 28.2. The molecule has 1 heterocycles. The predicted molar refractivity (Wildman–Crippen MR) is 133 cm³/mol. The third-order valence-electron chi connectivity index (χ3n) is 5.25. The summed E-state index contributed by atoms with van der Waals surface area (Å²) in [7, 11) is 1.79. The van der Waals surface area contributed by atoms with E-state index in [0.717, 1.165) is 12.1 Å². The SMILES string of the molecule is CN(CCO)CCC(=O)NC1CN(C(=O)c2ccc(F)c(F)c2Nc2ccc(I)cc2F)C1.Cl. The lowest BCUT2D eigenvalue weighted by Crippen LogP contribution is -2.61. The first-order valence-electron chi connectivity index (χ1n) is 10.3. The quantitative estimate of drug-likeness (QED) is 0.379. The number of benzene rings is 2. The van der Waals surface area contributed by atoms with Crippen LogP contribution in [0.4, 0.5) is 24.5 Å². The van der Waals surface area contributed by atoms with Gasteiger partial charge in [0.05, 0.1) is 29.6 Å². The number of aliphatic hydroxyl groups excluding tert-OH is 1. The molecule has 3 rings (SSSR count). The van der Waals surface area contributed by atoms with Gasteiger partial charge in [-0.25, -0.2) is 13.2 Å². The average molecular weight is 613 g/mol. The van der Waals surface area contributed by atoms with Crippen molar-refractivity contribution in [3.05, 3.63) is 56.9 Å². The molecule has 1 aliphatic rings. The molecule has 0 saturated carbocycles. The zero-order valence-corrected chi connectivity index (χ0v) is 21.3. The lowest BCUT2D eigenvalue weighted by Gasteiger charge is -2.40. The number of aliphatic hydroxyl groups is 1. The molecule has 1 aliphatic heterocycles. The molecule has 0 atom stereocenters. The van der Waals surface area contributed by atoms with E-state index < -0.39 is 29.0 Å². The van der Waals surface area contributed by atoms with E-state index in [1.165, 1.54) is 17.0 Å². The highest BCUT2D eigenvalue weighted by molar-refractivity contribution is 14.1. The van der Waals surface area contributed by atoms with Crippen molar-refractivity contribution in [1.82, 2.24) is 15.1 Å². The number of likely N-dealkylation sites (N-methyl/N-ethyl adjacent to an activating group) is 1. The summed E-state index contributed by atoms with van der Waals surface area (Å²) in [5, 5.41) is 14.2. The molecule has 2 aromatic carbocycles. The van der Waals surface area contributed by atoms with Gasteiger partial charge in [-0.3, -0.25) is 9.59 Å². The van der Waals surface area contributed by atoms with E-state index in [-0.39, 0.29) is 61.7 Å². The molecule has 186 valence electrons. The maximum atomic E-state index is 14.5. The fraction of sp³-hybridized carbons (Fsp3) is 0.364. The van der Waals surface area contributed by atoms with Crippen LogP contribution in [0.3, 0.4) is 0 Å². The van der Waals surface area contributed by atoms with Crippen molar-refractivity contribution < 1.29 is 27.9 Å². The number of hydrogen-bond donors (Lipinski definition) is 3. The Balaban J connectivity index is 0.00000408. The number of amides is 2. The number of nitrogens with zero attached hydrogens (tertiary/aromatic N) is 2. The van der Waals surface area contributed by atoms with E-state index in [0.29, 0.717) is 16.7 Å². The number of anilines is 2. The zero-order chi connectivity index (χ0) is 24.1. The molecule has 2 amide bonds. The van der Waals surface area contributed by atoms with E-state index >= 15 is 0 Å². The lowest BCUT2D eigenvalue weighted by atomic mass is 10.0. The first-order valence-corrected chi connectivity index (χ1v) is 11.4. The smallest absolute Gasteiger partial charge is 0.256 e. The second kappa shape index (κ2) is 12.6. The van der Waals surface area contributed by atoms with Crippen molar-refractivity contribution in [2.75, 3.05) is 45.2 Å². The second-order valence-corrected chi connectivity index (χ2v) is 9.03. The van der Waals surface area contributed by atoms with Crippen LogP contribution in [0.25, 0.3) is 0 Å². The molecule has 0 unspecified atom stereocenters. The summed E-state index contributed by atoms with van der Waals surface area (Å²) in [5.41, 5.74) is -0.671. The van der Waals surface area contributed by atoms with Gasteiger partial charge in [-0.1, -0.05) is 0 Å². The van der Waals surface area contributed by atoms with Gasteiger partial charge < -0.3 is 25.5 Å². The van der Waals surface area contributed by atoms with Gasteiger partial charge in [-0.05, 0) is 60.0 Å². The molecule has 0 spiro atoms. The topological polar surface area (TPSA) is 84.9 Å². The molecule has 2 aromatic rings. The first kappa shape index (κ1) is 28.1. The first-order chi connectivity index (χ1) is 15.7. The van der Waals surface area contributed by atoms with Gasteiger partial charge >= 0.3 is 0 Å². The number of nitrogens with one attached hydrogen (secondary N) is 2. The molecule has 34 heavy (non-hydrogen) atoms. The molecule has 0 aliphatic carbocycles. The van der Waals surface area contributed by atoms with E-state index in [2.05, 4.69) is 10.6 Å². The van der Waals surface area contributed by atoms with Crippen LogP contribution >= 0.6 is 35.0 Å². The molecular formula is C22H25ClF3IN4O3. The molecule has 7 nitrogen and oxygen atoms in total. The number of rotatable bonds is 9. The highest BCUT2D eigenvalue weighted by atomic mass is 127. The highest BCUT2D eigenvalue weighted by Gasteiger charge is 2.34. The number of carbonyl (C=O) groups excluding carboxylic acids is 2. The van der Waals surface area contributed by atoms with Crippen LogP contribution in [0.2, 0.25) is 0 Å². The number of hydrogen-bond acceptors (Lipinski definition) is 5. The Kier molecular flexibility index (Phi) is 10.4. The van der Waals surface area contributed by atoms with Crippen molar-refractivity contribution in [3.63, 3.8) is 0 Å². The van der Waals surface area contributed by atoms with Crippen molar-refractivity contribution in [2.45, 2.75) is 12.5 Å². The minimum atomic E-state index is -1.28. The van der Waals surface area contributed by atoms with Gasteiger partial charge in [-0.2, -0.15) is 0 Å². The Morgan fingerprint density at radius 1 is 1.15 bits per heavy atom. The van der Waals surface area contributed by atoms with Gasteiger partial charge in [-0.15, -0.1) is 12.4 Å². The molecule has 0 aromatic heterocycles. The summed E-state index contributed by atoms with van der Waals surface area (Å²) in [6.45, 7) is 1.39. The van der Waals surface area contributed by atoms with Crippen molar-refractivity contribution in [3.8, 4) is 0 Å². The van der Waals surface area contributed by atoms with Crippen LogP contribution in [0.1, 0.15) is 16.8 Å². The van der Waals surface area contributed by atoms with Gasteiger partial charge in [0.15, 0.2) is 11.6 Å². The van der Waals surface area contributed by atoms with Crippen LogP contribution in [0.5, 0.6) is 0 Å². The third-order valence-corrected chi connectivity index (χ3v) is 5.92. The summed E-state index contributed by atoms with van der Waals surface area (Å²) in [6, 6.07) is 5.94. The van der Waals surface area contributed by atoms with Gasteiger partial charge in [0.1, 0.15) is 5.82 Å². The maximum absolute atomic E-state index is 14.5. The Hall–Kier alpha value is -2.09. The van der Waals surface area contributed by atoms with Crippen molar-refractivity contribution >= 4 is 58.2 Å². The fourth-order valence-corrected chi connectivity index (χ4v) is 3.81. The number of likely N-dealkylation sites (tertiary alicyclic amines) is 1. The van der Waals surface area contributed by atoms with Crippen LogP contribution in [0.15, 0.2) is 30.3 Å². The van der Waals surface area contributed by atoms with Crippen LogP contribution in [0, 0.1) is 21.0 Å². The molecule has 0 radical (unpaired) electrons. The zero-order valence-electron chi connectivity index (χ0n) is 18.3. The molecule has 3 N–H and O–H groups in total. The molecule has 1 fully saturated rings. The van der Waals surface area contributed by atoms with Gasteiger partial charge in [0.25, 0.3) is 5.91 Å². The largest absolute Gasteiger partial charge is 0.395 e. The summed E-state index contributed by atoms with van der Waals surface area (Å²) in [6.07, 6.45) is 0.250. The second-order valence-electron chi connectivity index (χ2n) is 7.78. The Labute approximate surface area is 215 Å². The summed E-state index contributed by atoms with van der Waals surface area (Å²) >= 11 is 1.92. The van der Waals surface area contributed by atoms with E-state index in [9.17, 15) is 22.8 Å². The number of carbonyl (C=O) groups is 2. The summed E-state index contributed by atoms with van der Waals surface area (Å²) < 4.78 is 43.3. The molecular weight excluding hydrogens is 588 g/mol. The van der Waals surface area contributed by atoms with Gasteiger partial charge in [0, 0.05) is 36.2 Å². The Morgan fingerprint density at radius 2 is 1.85 bits per heavy atom. The predicted octanol–water partition coefficient (Wildman–Crippen LogP) is 3.13. The number of halogens is 5. The molecule has 1 saturated heterocycles. The monoisotopic (exact) mass is 612 g/mol. The standard InChI is InChI=1S/C22H24F3IN4O3.ClH/c1-29(8-9-31)7-6-19(32)27-14-11-30(12-14)22(33)15-3-4-16(23)20(25)21(15)28-18-5-2-13(26)10-17(18)24;/h2-5,10,14,28,31H,6-9,11-12H2,1H3,(H,27,32);1H. The highest BCUT2D eigenvalue weighted by Crippen LogP contribution is 2.30. The maximum Gasteiger partial charge on any atom is 0.256 e. The summed E-state index contributed by atoms with van der Waals surface area (Å²) in [5.74, 6) is -3.85. The normalized spacial score (nSPS) is 13.3. The average Bonchev–Trinajstić information content (AvgIpc) is 2.74. The van der Waals surface area contributed by atoms with E-state index in [1.54, 1.807) is 13.1 Å². The molecule has 0 bridgehead atoms. The Bertz CT molecular complexity index is 1040. The fourth-order valence-electron chi connectivity index (χ4n) is 3.36. The van der Waals surface area contributed by atoms with E-state index in [4.69, 9.17) is 5.11 Å². The third kappa shape index (κ3) is 6.96. The van der Waals surface area contributed by atoms with Crippen LogP contribution < -0.4 is 10.6 Å². The van der Waals surface area contributed by atoms with Crippen molar-refractivity contribution in [2.24, 2.45) is 0 Å². The van der Waals surface area contributed by atoms with Crippen molar-refractivity contribution in [1.29, 1.82) is 0 Å². The Morgan fingerprint density at radius 3 is 2.50 bits per heavy atom.